The lowest BCUT2D eigenvalue weighted by molar-refractivity contribution is 0.0983. The van der Waals surface area contributed by atoms with Crippen molar-refractivity contribution in [3.63, 3.8) is 0 Å². The molecular weight excluding hydrogens is 260 g/mol. The Balaban J connectivity index is 2.20. The number of hydrogen-bond donors (Lipinski definition) is 0. The van der Waals surface area contributed by atoms with Crippen molar-refractivity contribution in [2.45, 2.75) is 39.8 Å². The zero-order chi connectivity index (χ0) is 15.2. The fourth-order valence-corrected chi connectivity index (χ4v) is 2.25. The predicted octanol–water partition coefficient (Wildman–Crippen LogP) is 4.09. The molecule has 110 valence electrons. The average molecular weight is 282 g/mol. The summed E-state index contributed by atoms with van der Waals surface area (Å²) in [6.07, 6.45) is 2.29. The third-order valence-electron chi connectivity index (χ3n) is 3.51. The maximum absolute atomic E-state index is 11.6. The number of anilines is 1. The van der Waals surface area contributed by atoms with Crippen molar-refractivity contribution in [1.82, 2.24) is 4.98 Å². The first-order valence-corrected chi connectivity index (χ1v) is 7.41. The number of pyridine rings is 1. The number of nitrogens with zero attached hydrogens (tertiary/aromatic N) is 2. The third-order valence-corrected chi connectivity index (χ3v) is 3.51. The van der Waals surface area contributed by atoms with E-state index in [4.69, 9.17) is 0 Å². The molecule has 0 spiro atoms. The number of carbonyl (C=O) groups is 1. The van der Waals surface area contributed by atoms with Crippen molar-refractivity contribution < 1.29 is 4.79 Å². The summed E-state index contributed by atoms with van der Waals surface area (Å²) in [4.78, 5) is 18.2. The zero-order valence-electron chi connectivity index (χ0n) is 12.9. The van der Waals surface area contributed by atoms with Crippen LogP contribution in [0.4, 0.5) is 5.69 Å². The Morgan fingerprint density at radius 3 is 2.38 bits per heavy atom. The predicted molar refractivity (Wildman–Crippen MR) is 86.6 cm³/mol. The van der Waals surface area contributed by atoms with Crippen LogP contribution in [0.3, 0.4) is 0 Å². The molecule has 0 aliphatic rings. The van der Waals surface area contributed by atoms with Crippen LogP contribution in [0.25, 0.3) is 0 Å². The van der Waals surface area contributed by atoms with E-state index in [1.807, 2.05) is 25.1 Å². The van der Waals surface area contributed by atoms with Gasteiger partial charge >= 0.3 is 0 Å². The maximum atomic E-state index is 11.6. The zero-order valence-corrected chi connectivity index (χ0v) is 12.9. The first kappa shape index (κ1) is 15.2. The number of benzene rings is 1. The molecule has 3 nitrogen and oxygen atoms in total. The van der Waals surface area contributed by atoms with Crippen molar-refractivity contribution in [3.8, 4) is 0 Å². The van der Waals surface area contributed by atoms with Crippen LogP contribution < -0.4 is 4.90 Å². The van der Waals surface area contributed by atoms with Crippen LogP contribution in [0.2, 0.25) is 0 Å². The van der Waals surface area contributed by atoms with E-state index in [1.165, 1.54) is 5.56 Å². The molecule has 0 bridgehead atoms. The summed E-state index contributed by atoms with van der Waals surface area (Å²) in [5, 5.41) is 0. The molecule has 0 N–H and O–H groups in total. The van der Waals surface area contributed by atoms with Crippen LogP contribution in [-0.4, -0.2) is 16.8 Å². The van der Waals surface area contributed by atoms with Crippen LogP contribution >= 0.6 is 0 Å². The molecule has 0 unspecified atom stereocenters. The molecule has 0 aliphatic heterocycles. The topological polar surface area (TPSA) is 33.2 Å². The lowest BCUT2D eigenvalue weighted by atomic mass is 10.1. The van der Waals surface area contributed by atoms with Gasteiger partial charge in [-0.25, -0.2) is 0 Å². The fourth-order valence-electron chi connectivity index (χ4n) is 2.25. The molecule has 2 rings (SSSR count). The maximum Gasteiger partial charge on any atom is 0.180 e. The van der Waals surface area contributed by atoms with E-state index in [9.17, 15) is 4.79 Å². The molecule has 0 amide bonds. The second kappa shape index (κ2) is 7.02. The summed E-state index contributed by atoms with van der Waals surface area (Å²) >= 11 is 0. The van der Waals surface area contributed by atoms with Gasteiger partial charge in [-0.3, -0.25) is 9.78 Å². The summed E-state index contributed by atoms with van der Waals surface area (Å²) in [5.41, 5.74) is 2.85. The van der Waals surface area contributed by atoms with Gasteiger partial charge in [-0.05, 0) is 31.5 Å². The molecule has 1 aromatic carbocycles. The van der Waals surface area contributed by atoms with E-state index >= 15 is 0 Å². The van der Waals surface area contributed by atoms with Gasteiger partial charge in [-0.2, -0.15) is 0 Å². The Bertz CT molecular complexity index is 576. The molecular formula is C18H22N2O. The molecule has 0 saturated heterocycles. The molecule has 0 atom stereocenters. The van der Waals surface area contributed by atoms with Gasteiger partial charge in [0.2, 0.25) is 0 Å². The Morgan fingerprint density at radius 2 is 1.86 bits per heavy atom. The summed E-state index contributed by atoms with van der Waals surface area (Å²) in [7, 11) is 0. The van der Waals surface area contributed by atoms with Crippen LogP contribution in [0, 0.1) is 0 Å². The van der Waals surface area contributed by atoms with Crippen LogP contribution in [-0.2, 0) is 6.54 Å². The minimum atomic E-state index is 0.0840. The van der Waals surface area contributed by atoms with E-state index in [-0.39, 0.29) is 5.78 Å². The molecule has 21 heavy (non-hydrogen) atoms. The van der Waals surface area contributed by atoms with E-state index in [2.05, 4.69) is 48.0 Å². The van der Waals surface area contributed by atoms with Crippen LogP contribution in [0.1, 0.15) is 43.2 Å². The molecule has 3 heteroatoms. The fraction of sp³-hybridized carbons (Fsp3) is 0.333. The van der Waals surface area contributed by atoms with Crippen LogP contribution in [0.5, 0.6) is 0 Å². The van der Waals surface area contributed by atoms with Gasteiger partial charge in [-0.15, -0.1) is 0 Å². The van der Waals surface area contributed by atoms with Gasteiger partial charge < -0.3 is 4.90 Å². The van der Waals surface area contributed by atoms with Gasteiger partial charge in [0.1, 0.15) is 5.69 Å². The van der Waals surface area contributed by atoms with Crippen molar-refractivity contribution >= 4 is 11.5 Å². The lowest BCUT2D eigenvalue weighted by Crippen LogP contribution is -2.30. The number of ketones is 1. The minimum Gasteiger partial charge on any atom is -0.364 e. The molecule has 0 fully saturated rings. The Morgan fingerprint density at radius 1 is 1.14 bits per heavy atom. The summed E-state index contributed by atoms with van der Waals surface area (Å²) in [6, 6.07) is 14.5. The highest BCUT2D eigenvalue weighted by Crippen LogP contribution is 2.19. The highest BCUT2D eigenvalue weighted by molar-refractivity contribution is 5.94. The highest BCUT2D eigenvalue weighted by Gasteiger charge is 2.12. The van der Waals surface area contributed by atoms with E-state index in [1.54, 1.807) is 6.20 Å². The standard InChI is InChI=1S/C18H22N2O/c1-4-18(21)17-11-10-16(12-19-17)20(14(2)3)13-15-8-6-5-7-9-15/h5-12,14H,4,13H2,1-3H3. The molecule has 0 aliphatic carbocycles. The molecule has 2 aromatic rings. The second-order valence-corrected chi connectivity index (χ2v) is 5.39. The van der Waals surface area contributed by atoms with Gasteiger partial charge in [0.05, 0.1) is 11.9 Å². The Kier molecular flexibility index (Phi) is 5.09. The number of Topliss-reactive ketones (excluding diaryl/α,β-unsaturated/α-hetero) is 1. The van der Waals surface area contributed by atoms with Crippen LogP contribution in [0.15, 0.2) is 48.7 Å². The largest absolute Gasteiger partial charge is 0.364 e. The number of carbonyl (C=O) groups excluding carboxylic acids is 1. The third kappa shape index (κ3) is 3.91. The van der Waals surface area contributed by atoms with Crippen molar-refractivity contribution in [1.29, 1.82) is 0 Å². The number of hydrogen-bond acceptors (Lipinski definition) is 3. The van der Waals surface area contributed by atoms with Gasteiger partial charge in [-0.1, -0.05) is 37.3 Å². The highest BCUT2D eigenvalue weighted by atomic mass is 16.1. The van der Waals surface area contributed by atoms with Crippen molar-refractivity contribution in [3.05, 3.63) is 59.9 Å². The van der Waals surface area contributed by atoms with Gasteiger partial charge in [0, 0.05) is 19.0 Å². The quantitative estimate of drug-likeness (QED) is 0.748. The Labute approximate surface area is 126 Å². The monoisotopic (exact) mass is 282 g/mol. The molecule has 1 aromatic heterocycles. The van der Waals surface area contributed by atoms with Crippen molar-refractivity contribution in [2.75, 3.05) is 4.90 Å². The Hall–Kier alpha value is -2.16. The minimum absolute atomic E-state index is 0.0840. The van der Waals surface area contributed by atoms with E-state index < -0.39 is 0 Å². The lowest BCUT2D eigenvalue weighted by Gasteiger charge is -2.29. The van der Waals surface area contributed by atoms with E-state index in [0.717, 1.165) is 12.2 Å². The van der Waals surface area contributed by atoms with E-state index in [0.29, 0.717) is 18.2 Å². The first-order valence-electron chi connectivity index (χ1n) is 7.41. The summed E-state index contributed by atoms with van der Waals surface area (Å²) < 4.78 is 0. The molecule has 0 saturated carbocycles. The van der Waals surface area contributed by atoms with Gasteiger partial charge in [0.25, 0.3) is 0 Å². The number of aromatic nitrogens is 1. The summed E-state index contributed by atoms with van der Waals surface area (Å²) in [6.45, 7) is 7.01. The molecule has 1 heterocycles. The van der Waals surface area contributed by atoms with Crippen molar-refractivity contribution in [2.24, 2.45) is 0 Å². The van der Waals surface area contributed by atoms with Gasteiger partial charge in [0.15, 0.2) is 5.78 Å². The number of rotatable bonds is 6. The molecule has 0 radical (unpaired) electrons. The normalized spacial score (nSPS) is 10.7. The smallest absolute Gasteiger partial charge is 0.180 e. The summed E-state index contributed by atoms with van der Waals surface area (Å²) in [5.74, 6) is 0.0840. The SMILES string of the molecule is CCC(=O)c1ccc(N(Cc2ccccc2)C(C)C)cn1. The first-order chi connectivity index (χ1) is 10.1. The second-order valence-electron chi connectivity index (χ2n) is 5.39. The average Bonchev–Trinajstić information content (AvgIpc) is 2.53.